The van der Waals surface area contributed by atoms with E-state index in [0.717, 1.165) is 24.3 Å². The molecule has 1 unspecified atom stereocenters. The van der Waals surface area contributed by atoms with Gasteiger partial charge in [-0.2, -0.15) is 5.10 Å². The number of alkyl halides is 1. The van der Waals surface area contributed by atoms with E-state index in [1.54, 1.807) is 0 Å². The minimum atomic E-state index is 0.468. The van der Waals surface area contributed by atoms with Gasteiger partial charge in [0.05, 0.1) is 0 Å². The number of rotatable bonds is 6. The molecule has 1 atom stereocenters. The molecule has 0 saturated carbocycles. The van der Waals surface area contributed by atoms with Gasteiger partial charge in [-0.05, 0) is 48.9 Å². The predicted molar refractivity (Wildman–Crippen MR) is 80.9 cm³/mol. The molecule has 4 heteroatoms. The molecule has 1 aromatic carbocycles. The van der Waals surface area contributed by atoms with Crippen molar-refractivity contribution >= 4 is 23.2 Å². The second kappa shape index (κ2) is 6.97. The summed E-state index contributed by atoms with van der Waals surface area (Å²) >= 11 is 12.1. The Hall–Kier alpha value is -0.990. The monoisotopic (exact) mass is 296 g/mol. The summed E-state index contributed by atoms with van der Waals surface area (Å²) in [6.45, 7) is 0. The molecule has 0 N–H and O–H groups in total. The molecule has 0 radical (unpaired) electrons. The van der Waals surface area contributed by atoms with Crippen molar-refractivity contribution in [3.63, 3.8) is 0 Å². The zero-order valence-corrected chi connectivity index (χ0v) is 12.5. The minimum absolute atomic E-state index is 0.468. The molecule has 1 heterocycles. The number of benzene rings is 1. The van der Waals surface area contributed by atoms with Gasteiger partial charge in [-0.25, -0.2) is 0 Å². The fraction of sp³-hybridized carbons (Fsp3) is 0.400. The lowest BCUT2D eigenvalue weighted by Crippen LogP contribution is -2.09. The van der Waals surface area contributed by atoms with Crippen LogP contribution >= 0.6 is 23.2 Å². The fourth-order valence-electron chi connectivity index (χ4n) is 2.23. The van der Waals surface area contributed by atoms with Crippen LogP contribution in [0, 0.1) is 5.92 Å². The lowest BCUT2D eigenvalue weighted by Gasteiger charge is -2.14. The predicted octanol–water partition coefficient (Wildman–Crippen LogP) is 4.10. The second-order valence-electron chi connectivity index (χ2n) is 4.84. The molecule has 2 nitrogen and oxygen atoms in total. The number of hydrogen-bond donors (Lipinski definition) is 0. The lowest BCUT2D eigenvalue weighted by atomic mass is 9.96. The van der Waals surface area contributed by atoms with Gasteiger partial charge in [-0.3, -0.25) is 4.68 Å². The zero-order valence-electron chi connectivity index (χ0n) is 11.0. The maximum atomic E-state index is 6.08. The Bertz CT molecular complexity index is 522. The summed E-state index contributed by atoms with van der Waals surface area (Å²) in [4.78, 5) is 0. The number of halogens is 2. The summed E-state index contributed by atoms with van der Waals surface area (Å²) in [5, 5.41) is 4.97. The highest BCUT2D eigenvalue weighted by Crippen LogP contribution is 2.19. The van der Waals surface area contributed by atoms with Gasteiger partial charge in [0.25, 0.3) is 0 Å². The van der Waals surface area contributed by atoms with Gasteiger partial charge in [0, 0.05) is 29.8 Å². The summed E-state index contributed by atoms with van der Waals surface area (Å²) < 4.78 is 1.92. The third-order valence-electron chi connectivity index (χ3n) is 3.36. The first-order valence-electron chi connectivity index (χ1n) is 6.46. The van der Waals surface area contributed by atoms with E-state index in [1.807, 2.05) is 36.1 Å². The molecule has 0 fully saturated rings. The topological polar surface area (TPSA) is 17.8 Å². The van der Waals surface area contributed by atoms with Crippen LogP contribution in [-0.4, -0.2) is 15.7 Å². The molecule has 0 aliphatic carbocycles. The summed E-state index contributed by atoms with van der Waals surface area (Å²) in [7, 11) is 1.97. The van der Waals surface area contributed by atoms with E-state index in [4.69, 9.17) is 23.2 Å². The first-order valence-corrected chi connectivity index (χ1v) is 7.37. The van der Waals surface area contributed by atoms with Crippen LogP contribution in [0.3, 0.4) is 0 Å². The van der Waals surface area contributed by atoms with Crippen LogP contribution in [0.1, 0.15) is 17.7 Å². The van der Waals surface area contributed by atoms with E-state index in [0.29, 0.717) is 11.8 Å². The number of nitrogens with zero attached hydrogens (tertiary/aromatic N) is 2. The van der Waals surface area contributed by atoms with Crippen LogP contribution in [0.5, 0.6) is 0 Å². The van der Waals surface area contributed by atoms with Crippen molar-refractivity contribution < 1.29 is 0 Å². The van der Waals surface area contributed by atoms with Crippen molar-refractivity contribution in [1.29, 1.82) is 0 Å². The SMILES string of the molecule is Cn1nccc1CCC(CCl)Cc1cccc(Cl)c1. The molecule has 0 spiro atoms. The standard InChI is InChI=1S/C15H18Cl2N2/c1-19-15(7-8-18-19)6-5-13(11-16)9-12-3-2-4-14(17)10-12/h2-4,7-8,10,13H,5-6,9,11H2,1H3. The molecule has 0 aliphatic heterocycles. The third-order valence-corrected chi connectivity index (χ3v) is 4.03. The Kier molecular flexibility index (Phi) is 5.29. The zero-order chi connectivity index (χ0) is 13.7. The summed E-state index contributed by atoms with van der Waals surface area (Å²) in [5.41, 5.74) is 2.50. The Morgan fingerprint density at radius 2 is 2.16 bits per heavy atom. The van der Waals surface area contributed by atoms with Gasteiger partial charge in [-0.1, -0.05) is 23.7 Å². The van der Waals surface area contributed by atoms with Gasteiger partial charge in [0.15, 0.2) is 0 Å². The van der Waals surface area contributed by atoms with Crippen molar-refractivity contribution in [3.8, 4) is 0 Å². The largest absolute Gasteiger partial charge is 0.273 e. The molecule has 19 heavy (non-hydrogen) atoms. The van der Waals surface area contributed by atoms with E-state index in [1.165, 1.54) is 11.3 Å². The molecule has 2 aromatic rings. The molecular formula is C15H18Cl2N2. The second-order valence-corrected chi connectivity index (χ2v) is 5.58. The minimum Gasteiger partial charge on any atom is -0.273 e. The van der Waals surface area contributed by atoms with Crippen molar-refractivity contribution in [2.45, 2.75) is 19.3 Å². The summed E-state index contributed by atoms with van der Waals surface area (Å²) in [6, 6.07) is 10.1. The van der Waals surface area contributed by atoms with Gasteiger partial charge in [0.1, 0.15) is 0 Å². The highest BCUT2D eigenvalue weighted by atomic mass is 35.5. The lowest BCUT2D eigenvalue weighted by molar-refractivity contribution is 0.523. The van der Waals surface area contributed by atoms with Crippen LogP contribution in [0.4, 0.5) is 0 Å². The van der Waals surface area contributed by atoms with Gasteiger partial charge < -0.3 is 0 Å². The normalized spacial score (nSPS) is 12.6. The molecule has 2 rings (SSSR count). The molecule has 1 aromatic heterocycles. The average molecular weight is 297 g/mol. The summed E-state index contributed by atoms with van der Waals surface area (Å²) in [6.07, 6.45) is 4.88. The number of aromatic nitrogens is 2. The molecule has 0 saturated heterocycles. The fourth-order valence-corrected chi connectivity index (χ4v) is 2.71. The first kappa shape index (κ1) is 14.4. The smallest absolute Gasteiger partial charge is 0.0492 e. The van der Waals surface area contributed by atoms with Gasteiger partial charge >= 0.3 is 0 Å². The Morgan fingerprint density at radius 3 is 2.79 bits per heavy atom. The van der Waals surface area contributed by atoms with E-state index < -0.39 is 0 Å². The van der Waals surface area contributed by atoms with Crippen LogP contribution in [0.15, 0.2) is 36.5 Å². The maximum Gasteiger partial charge on any atom is 0.0492 e. The van der Waals surface area contributed by atoms with E-state index in [2.05, 4.69) is 17.2 Å². The summed E-state index contributed by atoms with van der Waals surface area (Å²) in [5.74, 6) is 1.14. The highest BCUT2D eigenvalue weighted by molar-refractivity contribution is 6.30. The molecule has 0 aliphatic rings. The molecule has 0 bridgehead atoms. The highest BCUT2D eigenvalue weighted by Gasteiger charge is 2.10. The Morgan fingerprint density at radius 1 is 1.32 bits per heavy atom. The van der Waals surface area contributed by atoms with Crippen molar-refractivity contribution in [2.24, 2.45) is 13.0 Å². The molecular weight excluding hydrogens is 279 g/mol. The van der Waals surface area contributed by atoms with E-state index in [9.17, 15) is 0 Å². The number of aryl methyl sites for hydroxylation is 2. The Balaban J connectivity index is 1.92. The van der Waals surface area contributed by atoms with Crippen LogP contribution < -0.4 is 0 Å². The van der Waals surface area contributed by atoms with Crippen molar-refractivity contribution in [1.82, 2.24) is 9.78 Å². The average Bonchev–Trinajstić information content (AvgIpc) is 2.80. The maximum absolute atomic E-state index is 6.08. The number of hydrogen-bond acceptors (Lipinski definition) is 1. The van der Waals surface area contributed by atoms with Crippen molar-refractivity contribution in [2.75, 3.05) is 5.88 Å². The van der Waals surface area contributed by atoms with Crippen molar-refractivity contribution in [3.05, 3.63) is 52.8 Å². The van der Waals surface area contributed by atoms with Crippen LogP contribution in [0.25, 0.3) is 0 Å². The van der Waals surface area contributed by atoms with Crippen LogP contribution in [0.2, 0.25) is 5.02 Å². The quantitative estimate of drug-likeness (QED) is 0.734. The van der Waals surface area contributed by atoms with E-state index in [-0.39, 0.29) is 0 Å². The van der Waals surface area contributed by atoms with Gasteiger partial charge in [-0.15, -0.1) is 11.6 Å². The van der Waals surface area contributed by atoms with E-state index >= 15 is 0 Å². The third kappa shape index (κ3) is 4.26. The molecule has 102 valence electrons. The van der Waals surface area contributed by atoms with Crippen LogP contribution in [-0.2, 0) is 19.9 Å². The van der Waals surface area contributed by atoms with Gasteiger partial charge in [0.2, 0.25) is 0 Å². The first-order chi connectivity index (χ1) is 9.19. The Labute approximate surface area is 124 Å². The molecule has 0 amide bonds.